The predicted molar refractivity (Wildman–Crippen MR) is 139 cm³/mol. The van der Waals surface area contributed by atoms with Gasteiger partial charge in [-0.3, -0.25) is 19.8 Å². The number of aromatic nitrogens is 2. The summed E-state index contributed by atoms with van der Waals surface area (Å²) in [7, 11) is 1.55. The molecule has 1 fully saturated rings. The Labute approximate surface area is 218 Å². The number of hydrogen-bond acceptors (Lipinski definition) is 10. The van der Waals surface area contributed by atoms with E-state index in [0.29, 0.717) is 67.4 Å². The number of nitro benzene ring substituents is 1. The molecule has 11 nitrogen and oxygen atoms in total. The van der Waals surface area contributed by atoms with Crippen molar-refractivity contribution in [1.82, 2.24) is 15.0 Å². The smallest absolute Gasteiger partial charge is 0.293 e. The molecule has 38 heavy (non-hydrogen) atoms. The summed E-state index contributed by atoms with van der Waals surface area (Å²) in [5.74, 6) is 1.05. The molecule has 1 aliphatic heterocycles. The van der Waals surface area contributed by atoms with Gasteiger partial charge in [-0.25, -0.2) is 0 Å². The summed E-state index contributed by atoms with van der Waals surface area (Å²) in [6.07, 6.45) is 0.632. The van der Waals surface area contributed by atoms with Gasteiger partial charge in [0.05, 0.1) is 23.2 Å². The predicted octanol–water partition coefficient (Wildman–Crippen LogP) is 4.16. The molecule has 1 aliphatic rings. The number of rotatable bonds is 8. The molecule has 1 saturated heterocycles. The summed E-state index contributed by atoms with van der Waals surface area (Å²) in [4.78, 5) is 31.3. The molecule has 4 aromatic rings. The molecule has 0 unspecified atom stereocenters. The fourth-order valence-corrected chi connectivity index (χ4v) is 4.55. The van der Waals surface area contributed by atoms with Gasteiger partial charge >= 0.3 is 0 Å². The topological polar surface area (TPSA) is 135 Å². The van der Waals surface area contributed by atoms with Crippen molar-refractivity contribution in [2.24, 2.45) is 0 Å². The van der Waals surface area contributed by atoms with Crippen molar-refractivity contribution in [3.8, 4) is 34.3 Å². The van der Waals surface area contributed by atoms with Crippen LogP contribution in [0.4, 0.5) is 11.4 Å². The van der Waals surface area contributed by atoms with Gasteiger partial charge in [0.15, 0.2) is 6.29 Å². The zero-order valence-corrected chi connectivity index (χ0v) is 20.6. The molecular weight excluding hydrogens is 490 g/mol. The van der Waals surface area contributed by atoms with Gasteiger partial charge < -0.3 is 19.3 Å². The average molecular weight is 516 g/mol. The number of nitrogens with zero attached hydrogens (tertiary/aromatic N) is 5. The van der Waals surface area contributed by atoms with E-state index >= 15 is 0 Å². The zero-order valence-electron chi connectivity index (χ0n) is 20.6. The number of benzene rings is 3. The second kappa shape index (κ2) is 10.7. The minimum absolute atomic E-state index is 0.0397. The van der Waals surface area contributed by atoms with Crippen LogP contribution in [0.2, 0.25) is 0 Å². The Hall–Kier alpha value is -4.77. The van der Waals surface area contributed by atoms with Gasteiger partial charge in [0.1, 0.15) is 17.2 Å². The Bertz CT molecular complexity index is 1480. The molecule has 0 bridgehead atoms. The van der Waals surface area contributed by atoms with Crippen LogP contribution in [0.1, 0.15) is 15.9 Å². The van der Waals surface area contributed by atoms with Crippen LogP contribution in [0.5, 0.6) is 11.5 Å². The number of piperazine rings is 1. The monoisotopic (exact) mass is 515 g/mol. The van der Waals surface area contributed by atoms with E-state index in [1.807, 2.05) is 23.1 Å². The summed E-state index contributed by atoms with van der Waals surface area (Å²) < 4.78 is 10.8. The van der Waals surface area contributed by atoms with E-state index < -0.39 is 4.92 Å². The number of hydrogen-bond donors (Lipinski definition) is 1. The van der Waals surface area contributed by atoms with Crippen LogP contribution in [-0.4, -0.2) is 64.6 Å². The van der Waals surface area contributed by atoms with Crippen molar-refractivity contribution >= 4 is 17.7 Å². The highest BCUT2D eigenvalue weighted by atomic mass is 16.6. The third kappa shape index (κ3) is 5.04. The molecular formula is C27H25N5O6. The first-order valence-electron chi connectivity index (χ1n) is 12.0. The molecule has 0 radical (unpaired) electrons. The first kappa shape index (κ1) is 24.9. The van der Waals surface area contributed by atoms with Crippen molar-refractivity contribution in [2.75, 3.05) is 38.2 Å². The molecule has 3 aromatic carbocycles. The quantitative estimate of drug-likeness (QED) is 0.207. The van der Waals surface area contributed by atoms with Gasteiger partial charge in [-0.1, -0.05) is 23.4 Å². The summed E-state index contributed by atoms with van der Waals surface area (Å²) >= 11 is 0. The minimum atomic E-state index is -0.403. The zero-order chi connectivity index (χ0) is 26.6. The average Bonchev–Trinajstić information content (AvgIpc) is 3.44. The Kier molecular flexibility index (Phi) is 7.00. The van der Waals surface area contributed by atoms with Crippen molar-refractivity contribution in [2.45, 2.75) is 6.54 Å². The first-order valence-corrected chi connectivity index (χ1v) is 12.0. The van der Waals surface area contributed by atoms with Crippen LogP contribution in [0, 0.1) is 10.1 Å². The minimum Gasteiger partial charge on any atom is -0.507 e. The molecule has 11 heteroatoms. The summed E-state index contributed by atoms with van der Waals surface area (Å²) in [5.41, 5.74) is 2.77. The van der Waals surface area contributed by atoms with Gasteiger partial charge in [-0.15, -0.1) is 0 Å². The first-order chi connectivity index (χ1) is 18.5. The normalized spacial score (nSPS) is 13.9. The van der Waals surface area contributed by atoms with Gasteiger partial charge in [-0.05, 0) is 42.0 Å². The highest BCUT2D eigenvalue weighted by molar-refractivity contribution is 5.79. The van der Waals surface area contributed by atoms with E-state index in [-0.39, 0.29) is 22.9 Å². The number of anilines is 1. The lowest BCUT2D eigenvalue weighted by Gasteiger charge is -2.35. The number of phenols is 1. The van der Waals surface area contributed by atoms with Gasteiger partial charge in [0.2, 0.25) is 5.82 Å². The maximum atomic E-state index is 12.0. The van der Waals surface area contributed by atoms with Gasteiger partial charge in [0, 0.05) is 44.4 Å². The molecule has 1 aromatic heterocycles. The third-order valence-electron chi connectivity index (χ3n) is 6.53. The molecule has 0 spiro atoms. The largest absolute Gasteiger partial charge is 0.507 e. The van der Waals surface area contributed by atoms with Crippen LogP contribution in [0.3, 0.4) is 0 Å². The lowest BCUT2D eigenvalue weighted by Crippen LogP contribution is -2.46. The standard InChI is InChI=1S/C27H25N5O6/c1-37-25-5-3-2-4-21(25)26-28-27(38-29-26)19-7-8-22(23(15-19)32(35)36)31-12-10-30(11-13-31)16-18-6-9-24(34)20(14-18)17-33/h2-9,14-15,17,34H,10-13,16H2,1H3. The highest BCUT2D eigenvalue weighted by Crippen LogP contribution is 2.35. The molecule has 0 aliphatic carbocycles. The van der Waals surface area contributed by atoms with E-state index in [2.05, 4.69) is 15.0 Å². The molecule has 0 amide bonds. The maximum absolute atomic E-state index is 12.0. The Morgan fingerprint density at radius 1 is 1.11 bits per heavy atom. The Balaban J connectivity index is 1.31. The lowest BCUT2D eigenvalue weighted by atomic mass is 10.1. The van der Waals surface area contributed by atoms with Crippen LogP contribution in [-0.2, 0) is 6.54 Å². The number of carbonyl (C=O) groups is 1. The van der Waals surface area contributed by atoms with Gasteiger partial charge in [0.25, 0.3) is 11.6 Å². The van der Waals surface area contributed by atoms with E-state index in [9.17, 15) is 20.0 Å². The summed E-state index contributed by atoms with van der Waals surface area (Å²) in [5, 5.41) is 25.7. The van der Waals surface area contributed by atoms with E-state index in [0.717, 1.165) is 5.56 Å². The number of phenolic OH excluding ortho intramolecular Hbond substituents is 1. The fraction of sp³-hybridized carbons (Fsp3) is 0.222. The van der Waals surface area contributed by atoms with E-state index in [1.54, 1.807) is 37.4 Å². The molecule has 1 N–H and O–H groups in total. The number of aldehydes is 1. The number of ether oxygens (including phenoxy) is 1. The SMILES string of the molecule is COc1ccccc1-c1noc(-c2ccc(N3CCN(Cc4ccc(O)c(C=O)c4)CC3)c([N+](=O)[O-])c2)n1. The van der Waals surface area contributed by atoms with Crippen LogP contribution >= 0.6 is 0 Å². The molecule has 194 valence electrons. The van der Waals surface area contributed by atoms with Crippen LogP contribution in [0.15, 0.2) is 65.2 Å². The number of aromatic hydroxyl groups is 1. The number of para-hydroxylation sites is 1. The Morgan fingerprint density at radius 2 is 1.89 bits per heavy atom. The van der Waals surface area contributed by atoms with Crippen molar-refractivity contribution in [1.29, 1.82) is 0 Å². The third-order valence-corrected chi connectivity index (χ3v) is 6.53. The van der Waals surface area contributed by atoms with E-state index in [4.69, 9.17) is 9.26 Å². The van der Waals surface area contributed by atoms with Crippen molar-refractivity contribution in [3.63, 3.8) is 0 Å². The summed E-state index contributed by atoms with van der Waals surface area (Å²) in [6, 6.07) is 17.2. The molecule has 0 saturated carbocycles. The lowest BCUT2D eigenvalue weighted by molar-refractivity contribution is -0.384. The fourth-order valence-electron chi connectivity index (χ4n) is 4.55. The second-order valence-corrected chi connectivity index (χ2v) is 8.86. The van der Waals surface area contributed by atoms with Crippen molar-refractivity contribution < 1.29 is 24.1 Å². The summed E-state index contributed by atoms with van der Waals surface area (Å²) in [6.45, 7) is 3.17. The Morgan fingerprint density at radius 3 is 2.63 bits per heavy atom. The maximum Gasteiger partial charge on any atom is 0.293 e. The number of methoxy groups -OCH3 is 1. The highest BCUT2D eigenvalue weighted by Gasteiger charge is 2.26. The van der Waals surface area contributed by atoms with Gasteiger partial charge in [-0.2, -0.15) is 4.98 Å². The van der Waals surface area contributed by atoms with E-state index in [1.165, 1.54) is 12.1 Å². The molecule has 5 rings (SSSR count). The molecule has 2 heterocycles. The van der Waals surface area contributed by atoms with Crippen LogP contribution < -0.4 is 9.64 Å². The second-order valence-electron chi connectivity index (χ2n) is 8.86. The van der Waals surface area contributed by atoms with Crippen molar-refractivity contribution in [3.05, 3.63) is 81.9 Å². The number of carbonyl (C=O) groups excluding carboxylic acids is 1. The van der Waals surface area contributed by atoms with Crippen LogP contribution in [0.25, 0.3) is 22.8 Å². The number of nitro groups is 1. The molecule has 0 atom stereocenters.